The maximum atomic E-state index is 14.4. The summed E-state index contributed by atoms with van der Waals surface area (Å²) in [5, 5.41) is 37.2. The second kappa shape index (κ2) is 23.8. The lowest BCUT2D eigenvalue weighted by Crippen LogP contribution is -2.52. The molecule has 11 rings (SSSR count). The molecule has 0 unspecified atom stereocenters. The fraction of sp³-hybridized carbons (Fsp3) is 0.550. The Morgan fingerprint density at radius 3 is 2.34 bits per heavy atom. The number of phenols is 1. The van der Waals surface area contributed by atoms with E-state index >= 15 is 0 Å². The summed E-state index contributed by atoms with van der Waals surface area (Å²) < 4.78 is 14.6. The third kappa shape index (κ3) is 12.1. The van der Waals surface area contributed by atoms with E-state index in [9.17, 15) is 19.8 Å². The molecule has 18 nitrogen and oxygen atoms in total. The maximum absolute atomic E-state index is 14.4. The van der Waals surface area contributed by atoms with Crippen molar-refractivity contribution in [3.8, 4) is 33.1 Å². The SMILES string of the molecule is Cc1ncsc1-c1ccc([C@H](C)NC(=O)[C@@H]2C[C@@H](O)CN2C(=O)[C@@H](c2cc(N3CCC(CN4CCC(OC5CC(N6CCC([C@@H](C)c7cn(-c8cc(-c9ccccc9O)nnc8N)cn7)CC6)C5)CC4)CC3)no2)C(C)C)cc1. The van der Waals surface area contributed by atoms with Gasteiger partial charge >= 0.3 is 0 Å². The number of likely N-dealkylation sites (tertiary alicyclic amines) is 3. The smallest absolute Gasteiger partial charge is 0.243 e. The third-order valence-electron chi connectivity index (χ3n) is 18.0. The number of aliphatic hydroxyl groups excluding tert-OH is 1. The molecule has 0 bridgehead atoms. The van der Waals surface area contributed by atoms with Crippen LogP contribution in [0.2, 0.25) is 0 Å². The van der Waals surface area contributed by atoms with Gasteiger partial charge in [-0.05, 0) is 125 Å². The van der Waals surface area contributed by atoms with E-state index in [1.165, 1.54) is 0 Å². The monoisotopic (exact) mass is 1090 g/mol. The highest BCUT2D eigenvalue weighted by Crippen LogP contribution is 2.39. The summed E-state index contributed by atoms with van der Waals surface area (Å²) in [6.07, 6.45) is 12.8. The minimum absolute atomic E-state index is 0.0904. The number of nitrogens with one attached hydrogen (secondary N) is 1. The number of aliphatic hydroxyl groups is 1. The molecule has 8 heterocycles. The molecule has 19 heteroatoms. The molecule has 5 fully saturated rings. The Kier molecular flexibility index (Phi) is 16.5. The van der Waals surface area contributed by atoms with Crippen molar-refractivity contribution in [3.05, 3.63) is 101 Å². The first-order valence-corrected chi connectivity index (χ1v) is 29.7. The first-order chi connectivity index (χ1) is 38.2. The van der Waals surface area contributed by atoms with Gasteiger partial charge in [0.15, 0.2) is 17.4 Å². The Morgan fingerprint density at radius 1 is 0.886 bits per heavy atom. The second-order valence-electron chi connectivity index (χ2n) is 23.5. The van der Waals surface area contributed by atoms with E-state index in [-0.39, 0.29) is 42.5 Å². The molecule has 4 saturated heterocycles. The summed E-state index contributed by atoms with van der Waals surface area (Å²) in [4.78, 5) is 47.7. The quantitative estimate of drug-likeness (QED) is 0.0675. The highest BCUT2D eigenvalue weighted by Gasteiger charge is 2.44. The van der Waals surface area contributed by atoms with Crippen LogP contribution in [-0.2, 0) is 14.3 Å². The van der Waals surface area contributed by atoms with Gasteiger partial charge in [0.2, 0.25) is 11.8 Å². The van der Waals surface area contributed by atoms with Crippen LogP contribution in [0.25, 0.3) is 27.4 Å². The van der Waals surface area contributed by atoms with Crippen LogP contribution in [0.5, 0.6) is 5.75 Å². The molecule has 4 aromatic heterocycles. The van der Waals surface area contributed by atoms with Gasteiger partial charge in [0.05, 0.1) is 63.8 Å². The summed E-state index contributed by atoms with van der Waals surface area (Å²) in [7, 11) is 0. The van der Waals surface area contributed by atoms with Crippen LogP contribution in [0.3, 0.4) is 0 Å². The number of phenolic OH excluding ortho intramolecular Hbond substituents is 1. The molecular weight excluding hydrogens is 1020 g/mol. The number of hydrogen-bond donors (Lipinski definition) is 4. The molecule has 4 aliphatic heterocycles. The lowest BCUT2D eigenvalue weighted by atomic mass is 9.81. The summed E-state index contributed by atoms with van der Waals surface area (Å²) >= 11 is 1.60. The second-order valence-corrected chi connectivity index (χ2v) is 24.4. The van der Waals surface area contributed by atoms with Crippen LogP contribution in [0.15, 0.2) is 83.2 Å². The zero-order valence-corrected chi connectivity index (χ0v) is 47.2. The summed E-state index contributed by atoms with van der Waals surface area (Å²) in [5.74, 6) is 1.90. The number of amides is 2. The normalized spacial score (nSPS) is 23.2. The van der Waals surface area contributed by atoms with Crippen LogP contribution in [0, 0.1) is 24.7 Å². The molecule has 5 N–H and O–H groups in total. The number of aromatic nitrogens is 6. The van der Waals surface area contributed by atoms with Gasteiger partial charge in [-0.15, -0.1) is 21.5 Å². The van der Waals surface area contributed by atoms with Gasteiger partial charge in [0.1, 0.15) is 17.7 Å². The highest BCUT2D eigenvalue weighted by atomic mass is 32.1. The van der Waals surface area contributed by atoms with Crippen molar-refractivity contribution in [1.29, 1.82) is 0 Å². The molecule has 5 aliphatic rings. The summed E-state index contributed by atoms with van der Waals surface area (Å²) in [5.41, 5.74) is 14.0. The maximum Gasteiger partial charge on any atom is 0.243 e. The lowest BCUT2D eigenvalue weighted by molar-refractivity contribution is -0.141. The molecule has 6 aromatic rings. The fourth-order valence-electron chi connectivity index (χ4n) is 13.0. The van der Waals surface area contributed by atoms with Crippen molar-refractivity contribution in [1.82, 2.24) is 49.9 Å². The summed E-state index contributed by atoms with van der Waals surface area (Å²) in [6, 6.07) is 18.5. The molecule has 420 valence electrons. The number of imidazole rings is 1. The number of nitrogens with zero attached hydrogens (tertiary/aromatic N) is 10. The number of aromatic hydroxyl groups is 1. The number of benzene rings is 2. The lowest BCUT2D eigenvalue weighted by Gasteiger charge is -2.47. The zero-order chi connectivity index (χ0) is 54.9. The first kappa shape index (κ1) is 54.7. The van der Waals surface area contributed by atoms with Crippen molar-refractivity contribution in [3.63, 3.8) is 0 Å². The Hall–Kier alpha value is -6.25. The van der Waals surface area contributed by atoms with Crippen LogP contribution in [0.4, 0.5) is 11.6 Å². The fourth-order valence-corrected chi connectivity index (χ4v) is 13.8. The largest absolute Gasteiger partial charge is 0.507 e. The van der Waals surface area contributed by atoms with E-state index in [0.717, 1.165) is 130 Å². The van der Waals surface area contributed by atoms with Crippen molar-refractivity contribution < 1.29 is 29.1 Å². The number of β-amino-alcohol motifs (C(OH)–C–C–N with tert-alkyl or cyclic N) is 1. The molecule has 2 aromatic carbocycles. The number of nitrogen functional groups attached to an aromatic ring is 1. The zero-order valence-electron chi connectivity index (χ0n) is 46.4. The van der Waals surface area contributed by atoms with Crippen molar-refractivity contribution in [2.75, 3.05) is 63.0 Å². The molecule has 0 radical (unpaired) electrons. The van der Waals surface area contributed by atoms with Crippen molar-refractivity contribution >= 4 is 34.8 Å². The number of rotatable bonds is 17. The first-order valence-electron chi connectivity index (χ1n) is 28.8. The van der Waals surface area contributed by atoms with E-state index in [4.69, 9.17) is 20.0 Å². The molecule has 0 spiro atoms. The number of aryl methyl sites for hydroxylation is 1. The van der Waals surface area contributed by atoms with Gasteiger partial charge in [0.25, 0.3) is 0 Å². The standard InChI is InChI=1S/C60H78N12O6S/c1-36(2)56(60(76)72-32-45(73)28-52(72)59(75)64-38(4)42-10-12-43(13-11-42)57-39(5)63-35-79-57)54-30-55(67-78-54)70-22-14-40(15-23-70)31-68-20-18-46(19-21-68)77-47-26-44(27-47)69-24-16-41(17-25-69)37(3)50-33-71(34-62-50)51-29-49(65-66-58(51)61)48-8-6-7-9-53(48)74/h6-13,29-30,33-38,40-41,44-47,52,56,73-74H,14-28,31-32H2,1-5H3,(H2,61,66)(H,64,75)/t37-,38+,44?,45-,47?,52+,56-/m1/s1. The van der Waals surface area contributed by atoms with E-state index in [0.29, 0.717) is 64.5 Å². The summed E-state index contributed by atoms with van der Waals surface area (Å²) in [6.45, 7) is 17.5. The average Bonchev–Trinajstić information content (AvgIpc) is 4.36. The number of thiazole rings is 1. The van der Waals surface area contributed by atoms with Gasteiger partial charge in [-0.25, -0.2) is 9.97 Å². The van der Waals surface area contributed by atoms with Crippen LogP contribution < -0.4 is 16.0 Å². The van der Waals surface area contributed by atoms with E-state index < -0.39 is 18.1 Å². The van der Waals surface area contributed by atoms with Crippen molar-refractivity contribution in [2.24, 2.45) is 17.8 Å². The van der Waals surface area contributed by atoms with Gasteiger partial charge in [-0.2, -0.15) is 0 Å². The van der Waals surface area contributed by atoms with Crippen LogP contribution in [0.1, 0.15) is 126 Å². The molecular formula is C60H78N12O6S. The van der Waals surface area contributed by atoms with E-state index in [1.807, 2.05) is 86.3 Å². The number of carbonyl (C=O) groups is 2. The van der Waals surface area contributed by atoms with Crippen LogP contribution in [-0.4, -0.2) is 149 Å². The van der Waals surface area contributed by atoms with Crippen molar-refractivity contribution in [2.45, 2.75) is 141 Å². The van der Waals surface area contributed by atoms with E-state index in [2.05, 4.69) is 53.5 Å². The third-order valence-corrected chi connectivity index (χ3v) is 18.9. The van der Waals surface area contributed by atoms with Gasteiger partial charge in [0, 0.05) is 75.5 Å². The average molecular weight is 1100 g/mol. The van der Waals surface area contributed by atoms with Crippen LogP contribution >= 0.6 is 11.3 Å². The Bertz CT molecular complexity index is 3020. The number of para-hydroxylation sites is 1. The number of anilines is 2. The number of piperidine rings is 3. The topological polar surface area (TPSA) is 217 Å². The van der Waals surface area contributed by atoms with Gasteiger partial charge in [-0.3, -0.25) is 9.59 Å². The molecule has 2 amide bonds. The Balaban J connectivity index is 0.586. The molecule has 1 aliphatic carbocycles. The minimum atomic E-state index is -0.797. The molecule has 5 atom stereocenters. The Labute approximate surface area is 467 Å². The minimum Gasteiger partial charge on any atom is -0.507 e. The predicted octanol–water partition coefficient (Wildman–Crippen LogP) is 8.36. The van der Waals surface area contributed by atoms with E-state index in [1.54, 1.807) is 34.7 Å². The Morgan fingerprint density at radius 2 is 1.63 bits per heavy atom. The number of carbonyl (C=O) groups excluding carboxylic acids is 2. The highest BCUT2D eigenvalue weighted by molar-refractivity contribution is 7.13. The molecule has 79 heavy (non-hydrogen) atoms. The number of ether oxygens (including phenoxy) is 1. The van der Waals surface area contributed by atoms with Gasteiger partial charge < -0.3 is 54.7 Å². The predicted molar refractivity (Wildman–Crippen MR) is 305 cm³/mol. The number of nitrogens with two attached hydrogens (primary N) is 1. The molecule has 1 saturated carbocycles. The number of hydrogen-bond acceptors (Lipinski definition) is 16. The van der Waals surface area contributed by atoms with Gasteiger partial charge in [-0.1, -0.05) is 62.3 Å².